The average Bonchev–Trinajstić information content (AvgIpc) is 2.74. The monoisotopic (exact) mass is 364 g/mol. The van der Waals surface area contributed by atoms with Gasteiger partial charge in [0.2, 0.25) is 0 Å². The zero-order valence-corrected chi connectivity index (χ0v) is 15.3. The van der Waals surface area contributed by atoms with Gasteiger partial charge in [0.05, 0.1) is 13.2 Å². The highest BCUT2D eigenvalue weighted by atomic mass is 16.5. The molecule has 0 bridgehead atoms. The number of rotatable bonds is 5. The molecule has 5 heteroatoms. The van der Waals surface area contributed by atoms with Gasteiger partial charge in [-0.2, -0.15) is 0 Å². The Morgan fingerprint density at radius 1 is 1.07 bits per heavy atom. The molecule has 1 aliphatic rings. The lowest BCUT2D eigenvalue weighted by Crippen LogP contribution is -2.36. The van der Waals surface area contributed by atoms with Gasteiger partial charge in [-0.05, 0) is 29.8 Å². The number of hydrogen-bond acceptors (Lipinski definition) is 4. The van der Waals surface area contributed by atoms with Crippen LogP contribution in [0.25, 0.3) is 0 Å². The average molecular weight is 364 g/mol. The molecule has 1 fully saturated rings. The maximum atomic E-state index is 11.6. The van der Waals surface area contributed by atoms with Crippen molar-refractivity contribution in [2.24, 2.45) is 0 Å². The van der Waals surface area contributed by atoms with Crippen LogP contribution < -0.4 is 10.2 Å². The Kier molecular flexibility index (Phi) is 7.14. The summed E-state index contributed by atoms with van der Waals surface area (Å²) in [6, 6.07) is 17.8. The Morgan fingerprint density at radius 2 is 1.81 bits per heavy atom. The minimum absolute atomic E-state index is 0.272. The number of nitrogens with zero attached hydrogens (tertiary/aromatic N) is 1. The molecule has 5 nitrogen and oxygen atoms in total. The fourth-order valence-electron chi connectivity index (χ4n) is 2.74. The van der Waals surface area contributed by atoms with Crippen molar-refractivity contribution in [2.75, 3.05) is 37.7 Å². The van der Waals surface area contributed by atoms with E-state index in [-0.39, 0.29) is 6.61 Å². The Morgan fingerprint density at radius 3 is 2.56 bits per heavy atom. The molecule has 0 saturated carbocycles. The quantitative estimate of drug-likeness (QED) is 0.654. The van der Waals surface area contributed by atoms with E-state index in [0.29, 0.717) is 13.0 Å². The maximum absolute atomic E-state index is 11.6. The van der Waals surface area contributed by atoms with Crippen molar-refractivity contribution in [3.63, 3.8) is 0 Å². The van der Waals surface area contributed by atoms with E-state index >= 15 is 0 Å². The molecule has 27 heavy (non-hydrogen) atoms. The molecule has 3 rings (SSSR count). The molecule has 140 valence electrons. The molecule has 1 aliphatic heterocycles. The summed E-state index contributed by atoms with van der Waals surface area (Å²) in [5.41, 5.74) is 3.14. The van der Waals surface area contributed by atoms with Crippen molar-refractivity contribution in [3.05, 3.63) is 65.7 Å². The summed E-state index contributed by atoms with van der Waals surface area (Å²) < 4.78 is 10.5. The number of amides is 1. The summed E-state index contributed by atoms with van der Waals surface area (Å²) >= 11 is 0. The Hall–Kier alpha value is -2.97. The van der Waals surface area contributed by atoms with Crippen molar-refractivity contribution in [2.45, 2.75) is 13.0 Å². The second kappa shape index (κ2) is 10.2. The molecule has 2 aromatic rings. The van der Waals surface area contributed by atoms with Gasteiger partial charge in [0, 0.05) is 37.3 Å². The fraction of sp³-hybridized carbons (Fsp3) is 0.318. The summed E-state index contributed by atoms with van der Waals surface area (Å²) in [5.74, 6) is 6.20. The van der Waals surface area contributed by atoms with Gasteiger partial charge in [0.1, 0.15) is 6.61 Å². The normalized spacial score (nSPS) is 13.4. The first kappa shape index (κ1) is 18.8. The zero-order chi connectivity index (χ0) is 18.7. The van der Waals surface area contributed by atoms with Crippen LogP contribution >= 0.6 is 0 Å². The lowest BCUT2D eigenvalue weighted by molar-refractivity contribution is 0.122. The largest absolute Gasteiger partial charge is 0.445 e. The third-order valence-corrected chi connectivity index (χ3v) is 4.21. The first-order valence-corrected chi connectivity index (χ1v) is 9.17. The van der Waals surface area contributed by atoms with Crippen LogP contribution in [0.5, 0.6) is 0 Å². The highest BCUT2D eigenvalue weighted by molar-refractivity contribution is 5.67. The summed E-state index contributed by atoms with van der Waals surface area (Å²) in [7, 11) is 0. The van der Waals surface area contributed by atoms with E-state index < -0.39 is 6.09 Å². The molecule has 0 spiro atoms. The van der Waals surface area contributed by atoms with Crippen molar-refractivity contribution < 1.29 is 14.3 Å². The van der Waals surface area contributed by atoms with Crippen molar-refractivity contribution >= 4 is 11.8 Å². The fourth-order valence-corrected chi connectivity index (χ4v) is 2.74. The van der Waals surface area contributed by atoms with Crippen LogP contribution in [0.3, 0.4) is 0 Å². The van der Waals surface area contributed by atoms with E-state index in [9.17, 15) is 4.79 Å². The first-order chi connectivity index (χ1) is 13.3. The molecule has 0 radical (unpaired) electrons. The number of morpholine rings is 1. The highest BCUT2D eigenvalue weighted by Crippen LogP contribution is 2.16. The molecule has 1 N–H and O–H groups in total. The third-order valence-electron chi connectivity index (χ3n) is 4.21. The van der Waals surface area contributed by atoms with Gasteiger partial charge in [-0.3, -0.25) is 0 Å². The molecule has 1 saturated heterocycles. The van der Waals surface area contributed by atoms with Crippen LogP contribution in [-0.2, 0) is 16.1 Å². The van der Waals surface area contributed by atoms with Crippen molar-refractivity contribution in [1.82, 2.24) is 5.32 Å². The number of benzene rings is 2. The Labute approximate surface area is 160 Å². The SMILES string of the molecule is O=C(NCCC#Cc1ccc(N2CCOCC2)cc1)OCc1ccccc1. The van der Waals surface area contributed by atoms with Gasteiger partial charge in [-0.1, -0.05) is 42.2 Å². The maximum Gasteiger partial charge on any atom is 0.407 e. The van der Waals surface area contributed by atoms with E-state index in [1.54, 1.807) is 0 Å². The first-order valence-electron chi connectivity index (χ1n) is 9.17. The van der Waals surface area contributed by atoms with Gasteiger partial charge in [-0.15, -0.1) is 0 Å². The van der Waals surface area contributed by atoms with Crippen LogP contribution in [0.15, 0.2) is 54.6 Å². The number of ether oxygens (including phenoxy) is 2. The van der Waals surface area contributed by atoms with Gasteiger partial charge < -0.3 is 19.7 Å². The number of carbonyl (C=O) groups excluding carboxylic acids is 1. The summed E-state index contributed by atoms with van der Waals surface area (Å²) in [6.45, 7) is 4.15. The Balaban J connectivity index is 1.35. The molecule has 0 unspecified atom stereocenters. The molecular weight excluding hydrogens is 340 g/mol. The molecule has 0 atom stereocenters. The molecule has 0 aliphatic carbocycles. The lowest BCUT2D eigenvalue weighted by atomic mass is 10.2. The smallest absolute Gasteiger partial charge is 0.407 e. The van der Waals surface area contributed by atoms with Gasteiger partial charge in [0.25, 0.3) is 0 Å². The van der Waals surface area contributed by atoms with Gasteiger partial charge >= 0.3 is 6.09 Å². The van der Waals surface area contributed by atoms with E-state index in [1.165, 1.54) is 5.69 Å². The summed E-state index contributed by atoms with van der Waals surface area (Å²) in [6.07, 6.45) is 0.154. The third kappa shape index (κ3) is 6.36. The predicted octanol–water partition coefficient (Wildman–Crippen LogP) is 3.19. The van der Waals surface area contributed by atoms with Crippen LogP contribution in [0.2, 0.25) is 0 Å². The molecule has 1 amide bonds. The number of carbonyl (C=O) groups is 1. The van der Waals surface area contributed by atoms with Crippen LogP contribution in [0, 0.1) is 11.8 Å². The molecule has 0 aromatic heterocycles. The van der Waals surface area contributed by atoms with Gasteiger partial charge in [0.15, 0.2) is 0 Å². The molecular formula is C22H24N2O3. The Bertz CT molecular complexity index is 773. The van der Waals surface area contributed by atoms with E-state index in [4.69, 9.17) is 9.47 Å². The number of alkyl carbamates (subject to hydrolysis) is 1. The van der Waals surface area contributed by atoms with E-state index in [2.05, 4.69) is 34.2 Å². The topological polar surface area (TPSA) is 50.8 Å². The predicted molar refractivity (Wildman–Crippen MR) is 106 cm³/mol. The number of anilines is 1. The number of hydrogen-bond donors (Lipinski definition) is 1. The van der Waals surface area contributed by atoms with Crippen LogP contribution in [0.4, 0.5) is 10.5 Å². The summed E-state index contributed by atoms with van der Waals surface area (Å²) in [5, 5.41) is 2.71. The zero-order valence-electron chi connectivity index (χ0n) is 15.3. The second-order valence-corrected chi connectivity index (χ2v) is 6.19. The highest BCUT2D eigenvalue weighted by Gasteiger charge is 2.10. The van der Waals surface area contributed by atoms with Crippen LogP contribution in [0.1, 0.15) is 17.5 Å². The van der Waals surface area contributed by atoms with Gasteiger partial charge in [-0.25, -0.2) is 4.79 Å². The van der Waals surface area contributed by atoms with Crippen molar-refractivity contribution in [3.8, 4) is 11.8 Å². The molecule has 2 aromatic carbocycles. The second-order valence-electron chi connectivity index (χ2n) is 6.19. The number of nitrogens with one attached hydrogen (secondary N) is 1. The van der Waals surface area contributed by atoms with E-state index in [0.717, 1.165) is 37.4 Å². The summed E-state index contributed by atoms with van der Waals surface area (Å²) in [4.78, 5) is 14.0. The lowest BCUT2D eigenvalue weighted by Gasteiger charge is -2.28. The van der Waals surface area contributed by atoms with Crippen LogP contribution in [-0.4, -0.2) is 38.9 Å². The standard InChI is InChI=1S/C22H24N2O3/c25-22(27-18-20-7-2-1-3-8-20)23-13-5-4-6-19-9-11-21(12-10-19)24-14-16-26-17-15-24/h1-3,7-12H,5,13-18H2,(H,23,25). The minimum Gasteiger partial charge on any atom is -0.445 e. The van der Waals surface area contributed by atoms with E-state index in [1.807, 2.05) is 42.5 Å². The minimum atomic E-state index is -0.421. The molecule has 1 heterocycles. The van der Waals surface area contributed by atoms with Crippen molar-refractivity contribution in [1.29, 1.82) is 0 Å².